The SMILES string of the molecule is CC(=O)[C@]12C[C@H]1[C@@](C)(c1cc(B3OC(C)(C)C(C)(C)O3)ccc1F)N=C(OC(=O)NCOCC[Si](C)(C)C)S2. The molecule has 1 saturated carbocycles. The van der Waals surface area contributed by atoms with Crippen molar-refractivity contribution in [1.82, 2.24) is 5.32 Å². The van der Waals surface area contributed by atoms with E-state index in [9.17, 15) is 9.59 Å². The summed E-state index contributed by atoms with van der Waals surface area (Å²) < 4.78 is 38.0. The summed E-state index contributed by atoms with van der Waals surface area (Å²) >= 11 is 1.13. The minimum Gasteiger partial charge on any atom is -0.399 e. The first-order chi connectivity index (χ1) is 17.9. The van der Waals surface area contributed by atoms with Gasteiger partial charge in [-0.25, -0.2) is 14.2 Å². The predicted octanol–water partition coefficient (Wildman–Crippen LogP) is 4.83. The molecule has 3 aliphatic rings. The molecule has 1 aromatic rings. The lowest BCUT2D eigenvalue weighted by Crippen LogP contribution is -2.41. The number of hydrogen-bond donors (Lipinski definition) is 1. The fraction of sp³-hybridized carbons (Fsp3) is 0.667. The van der Waals surface area contributed by atoms with Crippen LogP contribution in [0.15, 0.2) is 23.2 Å². The van der Waals surface area contributed by atoms with E-state index in [4.69, 9.17) is 23.8 Å². The Hall–Kier alpha value is -1.73. The Morgan fingerprint density at radius 1 is 1.18 bits per heavy atom. The number of nitrogens with zero attached hydrogens (tertiary/aromatic N) is 1. The van der Waals surface area contributed by atoms with Crippen LogP contribution in [0.1, 0.15) is 53.5 Å². The minimum atomic E-state index is -1.24. The van der Waals surface area contributed by atoms with E-state index < -0.39 is 48.6 Å². The highest BCUT2D eigenvalue weighted by Gasteiger charge is 2.70. The third-order valence-corrected chi connectivity index (χ3v) is 11.5. The molecule has 214 valence electrons. The molecule has 2 heterocycles. The fourth-order valence-corrected chi connectivity index (χ4v) is 7.13. The van der Waals surface area contributed by atoms with Crippen LogP contribution in [0.4, 0.5) is 9.18 Å². The molecule has 12 heteroatoms. The van der Waals surface area contributed by atoms with Crippen LogP contribution in [0.5, 0.6) is 0 Å². The Bertz CT molecular complexity index is 1180. The lowest BCUT2D eigenvalue weighted by Gasteiger charge is -2.34. The van der Waals surface area contributed by atoms with Gasteiger partial charge in [0.05, 0.1) is 21.5 Å². The second kappa shape index (κ2) is 10.3. The van der Waals surface area contributed by atoms with Crippen LogP contribution in [0.25, 0.3) is 0 Å². The van der Waals surface area contributed by atoms with Gasteiger partial charge in [0, 0.05) is 26.2 Å². The first-order valence-corrected chi connectivity index (χ1v) is 17.9. The van der Waals surface area contributed by atoms with Gasteiger partial charge in [0.15, 0.2) is 0 Å². The predicted molar refractivity (Wildman–Crippen MR) is 155 cm³/mol. The van der Waals surface area contributed by atoms with E-state index in [2.05, 4.69) is 25.0 Å². The third-order valence-electron chi connectivity index (χ3n) is 8.33. The number of benzene rings is 1. The zero-order valence-electron chi connectivity index (χ0n) is 24.4. The van der Waals surface area contributed by atoms with Crippen LogP contribution >= 0.6 is 11.8 Å². The van der Waals surface area contributed by atoms with Gasteiger partial charge in [0.25, 0.3) is 5.23 Å². The second-order valence-corrected chi connectivity index (χ2v) is 20.0. The van der Waals surface area contributed by atoms with Crippen molar-refractivity contribution >= 4 is 49.5 Å². The number of carbonyl (C=O) groups is 2. The number of rotatable bonds is 8. The number of halogens is 1. The number of fused-ring (bicyclic) bond motifs is 1. The van der Waals surface area contributed by atoms with Gasteiger partial charge >= 0.3 is 13.2 Å². The summed E-state index contributed by atoms with van der Waals surface area (Å²) in [6.45, 7) is 18.4. The van der Waals surface area contributed by atoms with Crippen molar-refractivity contribution in [2.45, 2.75) is 95.1 Å². The number of Topliss-reactive ketones (excluding diaryl/α,β-unsaturated/α-hetero) is 1. The average Bonchev–Trinajstić information content (AvgIpc) is 3.50. The van der Waals surface area contributed by atoms with Crippen molar-refractivity contribution in [1.29, 1.82) is 0 Å². The highest BCUT2D eigenvalue weighted by atomic mass is 32.2. The quantitative estimate of drug-likeness (QED) is 0.268. The summed E-state index contributed by atoms with van der Waals surface area (Å²) in [5, 5.41) is 2.60. The molecule has 8 nitrogen and oxygen atoms in total. The molecule has 0 unspecified atom stereocenters. The molecule has 2 aliphatic heterocycles. The van der Waals surface area contributed by atoms with Crippen molar-refractivity contribution in [3.8, 4) is 0 Å². The lowest BCUT2D eigenvalue weighted by atomic mass is 9.75. The summed E-state index contributed by atoms with van der Waals surface area (Å²) in [5.41, 5.74) is -1.28. The summed E-state index contributed by atoms with van der Waals surface area (Å²) in [6.07, 6.45) is -0.234. The monoisotopic (exact) mass is 578 g/mol. The number of ketones is 1. The number of hydrogen-bond acceptors (Lipinski definition) is 8. The molecule has 1 aromatic carbocycles. The van der Waals surface area contributed by atoms with Gasteiger partial charge < -0.3 is 18.8 Å². The minimum absolute atomic E-state index is 0.00373. The number of amides is 1. The Labute approximate surface area is 236 Å². The summed E-state index contributed by atoms with van der Waals surface area (Å²) in [5.74, 6) is -0.773. The van der Waals surface area contributed by atoms with Crippen LogP contribution < -0.4 is 10.8 Å². The van der Waals surface area contributed by atoms with Crippen LogP contribution in [0, 0.1) is 11.7 Å². The number of alkyl carbamates (subject to hydrolysis) is 1. The number of thioether (sulfide) groups is 1. The van der Waals surface area contributed by atoms with E-state index in [0.717, 1.165) is 17.8 Å². The normalized spacial score (nSPS) is 28.9. The molecule has 1 amide bonds. The molecule has 0 radical (unpaired) electrons. The van der Waals surface area contributed by atoms with Gasteiger partial charge in [-0.15, -0.1) is 0 Å². The molecule has 0 aromatic heterocycles. The number of aliphatic imine (C=N–C) groups is 1. The van der Waals surface area contributed by atoms with Gasteiger partial charge in [0.1, 0.15) is 18.3 Å². The van der Waals surface area contributed by atoms with Crippen LogP contribution in [-0.4, -0.2) is 61.6 Å². The molecule has 1 saturated heterocycles. The summed E-state index contributed by atoms with van der Waals surface area (Å²) in [7, 11) is -1.92. The molecule has 39 heavy (non-hydrogen) atoms. The maximum absolute atomic E-state index is 15.4. The van der Waals surface area contributed by atoms with Crippen molar-refractivity contribution < 1.29 is 32.8 Å². The number of ether oxygens (including phenoxy) is 2. The van der Waals surface area contributed by atoms with E-state index in [1.54, 1.807) is 19.1 Å². The maximum Gasteiger partial charge on any atom is 0.494 e. The second-order valence-electron chi connectivity index (χ2n) is 13.1. The Kier molecular flexibility index (Phi) is 7.97. The summed E-state index contributed by atoms with van der Waals surface area (Å²) in [6, 6.07) is 5.69. The first-order valence-electron chi connectivity index (χ1n) is 13.4. The number of nitrogens with one attached hydrogen (secondary N) is 1. The first kappa shape index (κ1) is 30.2. The highest BCUT2D eigenvalue weighted by Crippen LogP contribution is 2.66. The lowest BCUT2D eigenvalue weighted by molar-refractivity contribution is -0.117. The van der Waals surface area contributed by atoms with Crippen molar-refractivity contribution in [2.24, 2.45) is 10.9 Å². The van der Waals surface area contributed by atoms with E-state index in [-0.39, 0.29) is 23.7 Å². The zero-order valence-corrected chi connectivity index (χ0v) is 26.2. The molecular weight excluding hydrogens is 538 g/mol. The van der Waals surface area contributed by atoms with Crippen molar-refractivity contribution in [3.05, 3.63) is 29.6 Å². The molecule has 4 rings (SSSR count). The van der Waals surface area contributed by atoms with Crippen molar-refractivity contribution in [3.63, 3.8) is 0 Å². The van der Waals surface area contributed by atoms with Crippen LogP contribution in [-0.2, 0) is 29.1 Å². The molecular formula is C27H40BFN2O6SSi. The molecule has 3 atom stereocenters. The van der Waals surface area contributed by atoms with E-state index in [1.807, 2.05) is 27.7 Å². The molecule has 1 N–H and O–H groups in total. The topological polar surface area (TPSA) is 95.5 Å². The summed E-state index contributed by atoms with van der Waals surface area (Å²) in [4.78, 5) is 30.0. The van der Waals surface area contributed by atoms with E-state index in [0.29, 0.717) is 24.1 Å². The van der Waals surface area contributed by atoms with Crippen LogP contribution in [0.3, 0.4) is 0 Å². The van der Waals surface area contributed by atoms with Gasteiger partial charge in [-0.2, -0.15) is 0 Å². The van der Waals surface area contributed by atoms with Crippen molar-refractivity contribution in [2.75, 3.05) is 13.3 Å². The third kappa shape index (κ3) is 6.00. The Balaban J connectivity index is 1.56. The average molecular weight is 579 g/mol. The standard InChI is InChI=1S/C27H40BFN2O6SSi/c1-17(32)27-15-21(27)26(6,31-23(38-27)35-22(33)30-16-34-12-13-39(7,8)9)19-14-18(10-11-20(19)29)28-36-24(2,3)25(4,5)37-28/h10-11,14,21H,12-13,15-16H2,1-9H3,(H,30,33)/t21-,26+,27+/m0/s1. The highest BCUT2D eigenvalue weighted by molar-refractivity contribution is 8.15. The number of carbonyl (C=O) groups excluding carboxylic acids is 2. The van der Waals surface area contributed by atoms with E-state index in [1.165, 1.54) is 13.0 Å². The van der Waals surface area contributed by atoms with Gasteiger partial charge in [0.2, 0.25) is 0 Å². The molecule has 0 bridgehead atoms. The van der Waals surface area contributed by atoms with Gasteiger partial charge in [-0.1, -0.05) is 43.5 Å². The molecule has 0 spiro atoms. The van der Waals surface area contributed by atoms with Gasteiger partial charge in [-0.3, -0.25) is 10.1 Å². The maximum atomic E-state index is 15.4. The van der Waals surface area contributed by atoms with Crippen LogP contribution in [0.2, 0.25) is 25.7 Å². The zero-order chi connectivity index (χ0) is 29.0. The molecule has 1 aliphatic carbocycles. The molecule has 2 fully saturated rings. The van der Waals surface area contributed by atoms with E-state index >= 15 is 4.39 Å². The Morgan fingerprint density at radius 2 is 1.82 bits per heavy atom. The van der Waals surface area contributed by atoms with Gasteiger partial charge in [-0.05, 0) is 65.5 Å². The largest absolute Gasteiger partial charge is 0.494 e. The fourth-order valence-electron chi connectivity index (χ4n) is 4.94. The Morgan fingerprint density at radius 3 is 2.41 bits per heavy atom. The smallest absolute Gasteiger partial charge is 0.399 e.